The fourth-order valence-electron chi connectivity index (χ4n) is 1.53. The van der Waals surface area contributed by atoms with Gasteiger partial charge < -0.3 is 10.6 Å². The third-order valence-electron chi connectivity index (χ3n) is 2.76. The summed E-state index contributed by atoms with van der Waals surface area (Å²) in [5.41, 5.74) is 0.575. The van der Waals surface area contributed by atoms with Gasteiger partial charge in [-0.1, -0.05) is 11.8 Å². The van der Waals surface area contributed by atoms with Gasteiger partial charge in [0.2, 0.25) is 5.91 Å². The molecule has 1 unspecified atom stereocenters. The van der Waals surface area contributed by atoms with Gasteiger partial charge in [-0.15, -0.1) is 0 Å². The van der Waals surface area contributed by atoms with Crippen LogP contribution in [0.3, 0.4) is 0 Å². The number of halogens is 5. The third kappa shape index (κ3) is 7.44. The van der Waals surface area contributed by atoms with Crippen LogP contribution < -0.4 is 10.6 Å². The Balaban J connectivity index is 2.54. The Bertz CT molecular complexity index is 514. The standard InChI is InChI=1S/C12H15F5N4OS/c1-7-2-18-6-21-10(7)20-4-8(12(15,16)17)3-19-9(22)5-23-11(13)14/h2,6,8,11H,3-5H2,1H3,(H,19,22)(H,18,20,21). The zero-order valence-electron chi connectivity index (χ0n) is 12.0. The summed E-state index contributed by atoms with van der Waals surface area (Å²) in [6, 6.07) is 0. The fraction of sp³-hybridized carbons (Fsp3) is 0.583. The first-order chi connectivity index (χ1) is 10.7. The van der Waals surface area contributed by atoms with E-state index in [2.05, 4.69) is 15.3 Å². The molecule has 0 bridgehead atoms. The molecule has 1 aromatic heterocycles. The van der Waals surface area contributed by atoms with Gasteiger partial charge in [0, 0.05) is 24.8 Å². The van der Waals surface area contributed by atoms with Crippen molar-refractivity contribution in [3.8, 4) is 0 Å². The number of alkyl halides is 5. The summed E-state index contributed by atoms with van der Waals surface area (Å²) in [5, 5.41) is 4.56. The van der Waals surface area contributed by atoms with Crippen molar-refractivity contribution in [1.82, 2.24) is 15.3 Å². The monoisotopic (exact) mass is 358 g/mol. The number of carbonyl (C=O) groups is 1. The number of amides is 1. The number of nitrogens with one attached hydrogen (secondary N) is 2. The molecule has 23 heavy (non-hydrogen) atoms. The van der Waals surface area contributed by atoms with Crippen LogP contribution in [0.4, 0.5) is 27.8 Å². The molecule has 1 aromatic rings. The maximum absolute atomic E-state index is 12.9. The van der Waals surface area contributed by atoms with E-state index in [1.165, 1.54) is 12.5 Å². The lowest BCUT2D eigenvalue weighted by atomic mass is 10.1. The summed E-state index contributed by atoms with van der Waals surface area (Å²) in [7, 11) is 0. The summed E-state index contributed by atoms with van der Waals surface area (Å²) in [6.45, 7) is 0.418. The average Bonchev–Trinajstić information content (AvgIpc) is 2.45. The first-order valence-electron chi connectivity index (χ1n) is 6.43. The van der Waals surface area contributed by atoms with E-state index >= 15 is 0 Å². The predicted octanol–water partition coefficient (Wildman–Crippen LogP) is 2.45. The van der Waals surface area contributed by atoms with Crippen molar-refractivity contribution in [1.29, 1.82) is 0 Å². The van der Waals surface area contributed by atoms with E-state index < -0.39 is 42.6 Å². The topological polar surface area (TPSA) is 66.9 Å². The number of rotatable bonds is 8. The zero-order valence-corrected chi connectivity index (χ0v) is 12.8. The van der Waals surface area contributed by atoms with Gasteiger partial charge >= 0.3 is 6.18 Å². The van der Waals surface area contributed by atoms with E-state index in [1.807, 2.05) is 5.32 Å². The molecule has 130 valence electrons. The number of carbonyl (C=O) groups excluding carboxylic acids is 1. The minimum absolute atomic E-state index is 0.0515. The number of aromatic nitrogens is 2. The molecule has 0 aromatic carbocycles. The molecule has 1 atom stereocenters. The zero-order chi connectivity index (χ0) is 17.5. The Kier molecular flexibility index (Phi) is 7.46. The van der Waals surface area contributed by atoms with Gasteiger partial charge in [0.05, 0.1) is 11.7 Å². The van der Waals surface area contributed by atoms with Crippen LogP contribution in [-0.2, 0) is 4.79 Å². The van der Waals surface area contributed by atoms with E-state index in [4.69, 9.17) is 0 Å². The second-order valence-corrected chi connectivity index (χ2v) is 5.53. The van der Waals surface area contributed by atoms with Gasteiger partial charge in [0.25, 0.3) is 5.76 Å². The number of anilines is 1. The van der Waals surface area contributed by atoms with E-state index in [0.717, 1.165) is 0 Å². The predicted molar refractivity (Wildman–Crippen MR) is 76.3 cm³/mol. The molecular weight excluding hydrogens is 343 g/mol. The van der Waals surface area contributed by atoms with Gasteiger partial charge in [0.1, 0.15) is 12.1 Å². The molecule has 0 aliphatic carbocycles. The lowest BCUT2D eigenvalue weighted by Crippen LogP contribution is -2.41. The normalized spacial score (nSPS) is 13.0. The number of nitrogens with zero attached hydrogens (tertiary/aromatic N) is 2. The van der Waals surface area contributed by atoms with Crippen molar-refractivity contribution in [3.63, 3.8) is 0 Å². The van der Waals surface area contributed by atoms with Gasteiger partial charge in [0.15, 0.2) is 0 Å². The van der Waals surface area contributed by atoms with Crippen molar-refractivity contribution in [3.05, 3.63) is 18.1 Å². The minimum Gasteiger partial charge on any atom is -0.369 e. The molecule has 0 saturated heterocycles. The van der Waals surface area contributed by atoms with E-state index in [0.29, 0.717) is 5.56 Å². The Morgan fingerprint density at radius 3 is 2.61 bits per heavy atom. The highest BCUT2D eigenvalue weighted by Gasteiger charge is 2.39. The Morgan fingerprint density at radius 2 is 2.04 bits per heavy atom. The molecule has 0 radical (unpaired) electrons. The molecule has 0 fully saturated rings. The van der Waals surface area contributed by atoms with Crippen LogP contribution in [-0.4, -0.2) is 46.7 Å². The summed E-state index contributed by atoms with van der Waals surface area (Å²) in [6.07, 6.45) is -1.92. The van der Waals surface area contributed by atoms with Crippen LogP contribution >= 0.6 is 11.8 Å². The van der Waals surface area contributed by atoms with Crippen molar-refractivity contribution < 1.29 is 26.7 Å². The second-order valence-electron chi connectivity index (χ2n) is 4.55. The molecule has 1 rings (SSSR count). The highest BCUT2D eigenvalue weighted by Crippen LogP contribution is 2.26. The molecule has 1 heterocycles. The molecule has 0 spiro atoms. The van der Waals surface area contributed by atoms with Crippen molar-refractivity contribution in [2.75, 3.05) is 24.2 Å². The highest BCUT2D eigenvalue weighted by molar-refractivity contribution is 8.00. The second kappa shape index (κ2) is 8.85. The highest BCUT2D eigenvalue weighted by atomic mass is 32.2. The van der Waals surface area contributed by atoms with Gasteiger partial charge in [-0.25, -0.2) is 9.97 Å². The largest absolute Gasteiger partial charge is 0.395 e. The number of aryl methyl sites for hydroxylation is 1. The molecule has 1 amide bonds. The maximum Gasteiger partial charge on any atom is 0.395 e. The number of hydrogen-bond acceptors (Lipinski definition) is 5. The molecule has 0 aliphatic heterocycles. The molecule has 0 saturated carbocycles. The van der Waals surface area contributed by atoms with Crippen LogP contribution in [0.2, 0.25) is 0 Å². The Hall–Kier alpha value is -1.65. The molecule has 5 nitrogen and oxygen atoms in total. The first kappa shape index (κ1) is 19.4. The molecule has 11 heteroatoms. The van der Waals surface area contributed by atoms with E-state index in [-0.39, 0.29) is 17.6 Å². The molecular formula is C12H15F5N4OS. The van der Waals surface area contributed by atoms with Crippen LogP contribution in [0.25, 0.3) is 0 Å². The minimum atomic E-state index is -4.56. The van der Waals surface area contributed by atoms with Crippen molar-refractivity contribution in [2.24, 2.45) is 5.92 Å². The smallest absolute Gasteiger partial charge is 0.369 e. The number of hydrogen-bond donors (Lipinski definition) is 2. The summed E-state index contributed by atoms with van der Waals surface area (Å²) >= 11 is 0.0515. The summed E-state index contributed by atoms with van der Waals surface area (Å²) in [5.74, 6) is -5.84. The van der Waals surface area contributed by atoms with Crippen LogP contribution in [0.15, 0.2) is 12.5 Å². The summed E-state index contributed by atoms with van der Waals surface area (Å²) in [4.78, 5) is 18.8. The fourth-order valence-corrected chi connectivity index (χ4v) is 1.91. The van der Waals surface area contributed by atoms with Crippen LogP contribution in [0.1, 0.15) is 5.56 Å². The Labute approximate surface area is 133 Å². The number of thioether (sulfide) groups is 1. The van der Waals surface area contributed by atoms with E-state index in [1.54, 1.807) is 6.92 Å². The van der Waals surface area contributed by atoms with Crippen LogP contribution in [0, 0.1) is 12.8 Å². The quantitative estimate of drug-likeness (QED) is 0.699. The summed E-state index contributed by atoms with van der Waals surface area (Å²) < 4.78 is 62.6. The molecule has 2 N–H and O–H groups in total. The van der Waals surface area contributed by atoms with E-state index in [9.17, 15) is 26.7 Å². The van der Waals surface area contributed by atoms with Gasteiger partial charge in [-0.2, -0.15) is 22.0 Å². The van der Waals surface area contributed by atoms with Crippen molar-refractivity contribution >= 4 is 23.5 Å². The Morgan fingerprint density at radius 1 is 1.35 bits per heavy atom. The van der Waals surface area contributed by atoms with Gasteiger partial charge in [-0.3, -0.25) is 4.79 Å². The average molecular weight is 358 g/mol. The maximum atomic E-state index is 12.9. The van der Waals surface area contributed by atoms with Gasteiger partial charge in [-0.05, 0) is 6.92 Å². The molecule has 0 aliphatic rings. The SMILES string of the molecule is Cc1cncnc1NCC(CNC(=O)CSC(F)F)C(F)(F)F. The van der Waals surface area contributed by atoms with Crippen molar-refractivity contribution in [2.45, 2.75) is 18.9 Å². The lowest BCUT2D eigenvalue weighted by Gasteiger charge is -2.21. The first-order valence-corrected chi connectivity index (χ1v) is 7.48. The lowest BCUT2D eigenvalue weighted by molar-refractivity contribution is -0.169. The van der Waals surface area contributed by atoms with Crippen LogP contribution in [0.5, 0.6) is 0 Å². The third-order valence-corrected chi connectivity index (χ3v) is 3.44.